The number of aliphatic hydroxyl groups excluding tert-OH is 1. The van der Waals surface area contributed by atoms with Gasteiger partial charge in [0, 0.05) is 31.5 Å². The van der Waals surface area contributed by atoms with Crippen LogP contribution in [0.4, 0.5) is 4.39 Å². The smallest absolute Gasteiger partial charge is 0.306 e. The molecule has 1 aliphatic carbocycles. The van der Waals surface area contributed by atoms with Crippen LogP contribution in [0.1, 0.15) is 91.3 Å². The van der Waals surface area contributed by atoms with Crippen molar-refractivity contribution in [1.82, 2.24) is 20.5 Å². The van der Waals surface area contributed by atoms with Crippen LogP contribution in [0, 0.1) is 12.3 Å². The lowest BCUT2D eigenvalue weighted by atomic mass is 9.85. The Bertz CT molecular complexity index is 1490. The molecule has 264 valence electrons. The number of carbonyl (C=O) groups is 4. The molecule has 1 saturated carbocycles. The standard InChI is InChI=1S/C35H49FN4O7S/c1-21-28(48-20-38-21)22-11-12-23(26(16-22)46-15-9-8-10-27(42)47-34(5,6)7)18-37-30(43)25-17-24(41)19-40(25)31(44)29(33(2,3)4)39-32(45)35(36)13-14-35/h11-12,16,20,24-25,29,41H,8-10,13-15,17-19H2,1-7H3,(H,37,43)(H,39,45)/t24-,25+,29-/m1/s1. The van der Waals surface area contributed by atoms with Crippen LogP contribution in [0.3, 0.4) is 0 Å². The number of nitrogens with one attached hydrogen (secondary N) is 2. The van der Waals surface area contributed by atoms with E-state index in [1.165, 1.54) is 16.2 Å². The van der Waals surface area contributed by atoms with Gasteiger partial charge in [0.05, 0.1) is 28.8 Å². The molecule has 4 rings (SSSR count). The molecule has 0 bridgehead atoms. The summed E-state index contributed by atoms with van der Waals surface area (Å²) in [4.78, 5) is 58.6. The van der Waals surface area contributed by atoms with Gasteiger partial charge in [0.2, 0.25) is 11.8 Å². The molecule has 3 N–H and O–H groups in total. The van der Waals surface area contributed by atoms with Gasteiger partial charge in [-0.15, -0.1) is 11.3 Å². The van der Waals surface area contributed by atoms with Gasteiger partial charge < -0.3 is 30.1 Å². The normalized spacial score (nSPS) is 19.4. The fourth-order valence-electron chi connectivity index (χ4n) is 5.52. The van der Waals surface area contributed by atoms with E-state index in [9.17, 15) is 28.7 Å². The Morgan fingerprint density at radius 2 is 1.85 bits per heavy atom. The summed E-state index contributed by atoms with van der Waals surface area (Å²) in [6.07, 6.45) is 0.796. The lowest BCUT2D eigenvalue weighted by molar-refractivity contribution is -0.155. The van der Waals surface area contributed by atoms with E-state index in [2.05, 4.69) is 15.6 Å². The predicted octanol–water partition coefficient (Wildman–Crippen LogP) is 4.62. The first-order valence-corrected chi connectivity index (χ1v) is 17.4. The molecule has 3 atom stereocenters. The summed E-state index contributed by atoms with van der Waals surface area (Å²) in [5.41, 5.74) is 1.01. The summed E-state index contributed by atoms with van der Waals surface area (Å²) < 4.78 is 26.1. The third-order valence-corrected chi connectivity index (χ3v) is 9.31. The molecule has 0 radical (unpaired) electrons. The molecule has 0 spiro atoms. The molecule has 1 aromatic carbocycles. The molecule has 1 aromatic heterocycles. The Kier molecular flexibility index (Phi) is 11.6. The van der Waals surface area contributed by atoms with E-state index >= 15 is 0 Å². The molecule has 2 fully saturated rings. The molecule has 11 nitrogen and oxygen atoms in total. The number of aliphatic hydroxyl groups is 1. The number of esters is 1. The second-order valence-corrected chi connectivity index (χ2v) is 15.7. The van der Waals surface area contributed by atoms with Crippen LogP contribution < -0.4 is 15.4 Å². The number of amides is 3. The van der Waals surface area contributed by atoms with Crippen molar-refractivity contribution in [1.29, 1.82) is 0 Å². The molecule has 2 aliphatic rings. The van der Waals surface area contributed by atoms with Gasteiger partial charge in [-0.05, 0) is 70.4 Å². The Labute approximate surface area is 286 Å². The minimum atomic E-state index is -1.96. The minimum Gasteiger partial charge on any atom is -0.493 e. The first-order chi connectivity index (χ1) is 22.4. The monoisotopic (exact) mass is 688 g/mol. The number of thiazole rings is 1. The molecule has 2 heterocycles. The maximum atomic E-state index is 14.5. The Balaban J connectivity index is 1.44. The maximum absolute atomic E-state index is 14.5. The number of carbonyl (C=O) groups excluding carboxylic acids is 4. The van der Waals surface area contributed by atoms with E-state index < -0.39 is 52.6 Å². The molecule has 13 heteroatoms. The lowest BCUT2D eigenvalue weighted by Crippen LogP contribution is -2.59. The summed E-state index contributed by atoms with van der Waals surface area (Å²) in [5.74, 6) is -1.53. The number of unbranched alkanes of at least 4 members (excludes halogenated alkanes) is 1. The molecule has 48 heavy (non-hydrogen) atoms. The molecule has 1 aliphatic heterocycles. The molecular weight excluding hydrogens is 639 g/mol. The fraction of sp³-hybridized carbons (Fsp3) is 0.629. The summed E-state index contributed by atoms with van der Waals surface area (Å²) in [6, 6.07) is 3.63. The number of benzene rings is 1. The largest absolute Gasteiger partial charge is 0.493 e. The Morgan fingerprint density at radius 1 is 1.15 bits per heavy atom. The van der Waals surface area contributed by atoms with Gasteiger partial charge in [-0.2, -0.15) is 0 Å². The first kappa shape index (κ1) is 37.2. The van der Waals surface area contributed by atoms with Crippen LogP contribution in [0.5, 0.6) is 5.75 Å². The molecular formula is C35H49FN4O7S. The van der Waals surface area contributed by atoms with Crippen molar-refractivity contribution in [2.45, 2.75) is 123 Å². The zero-order valence-electron chi connectivity index (χ0n) is 29.0. The Hall–Kier alpha value is -3.58. The maximum Gasteiger partial charge on any atom is 0.306 e. The van der Waals surface area contributed by atoms with Gasteiger partial charge in [0.1, 0.15) is 23.4 Å². The van der Waals surface area contributed by atoms with Gasteiger partial charge in [-0.3, -0.25) is 19.2 Å². The van der Waals surface area contributed by atoms with E-state index in [-0.39, 0.29) is 44.7 Å². The molecule has 2 aromatic rings. The number of hydrogen-bond donors (Lipinski definition) is 3. The first-order valence-electron chi connectivity index (χ1n) is 16.5. The third kappa shape index (κ3) is 9.74. The van der Waals surface area contributed by atoms with Gasteiger partial charge in [0.15, 0.2) is 5.67 Å². The van der Waals surface area contributed by atoms with E-state index in [1.807, 2.05) is 45.9 Å². The van der Waals surface area contributed by atoms with Gasteiger partial charge in [-0.1, -0.05) is 32.9 Å². The number of aromatic nitrogens is 1. The highest BCUT2D eigenvalue weighted by Crippen LogP contribution is 2.40. The quantitative estimate of drug-likeness (QED) is 0.204. The topological polar surface area (TPSA) is 147 Å². The predicted molar refractivity (Wildman–Crippen MR) is 180 cm³/mol. The van der Waals surface area contributed by atoms with Crippen molar-refractivity contribution >= 4 is 35.0 Å². The van der Waals surface area contributed by atoms with Crippen LogP contribution in [0.25, 0.3) is 10.4 Å². The number of β-amino-alcohol motifs (C(OH)–C–C–N with tert-alkyl or cyclic N) is 1. The minimum absolute atomic E-state index is 0.0278. The van der Waals surface area contributed by atoms with Crippen molar-refractivity contribution in [2.24, 2.45) is 5.41 Å². The zero-order valence-corrected chi connectivity index (χ0v) is 29.8. The number of nitrogens with zero attached hydrogens (tertiary/aromatic N) is 2. The summed E-state index contributed by atoms with van der Waals surface area (Å²) >= 11 is 1.51. The fourth-order valence-corrected chi connectivity index (χ4v) is 6.32. The van der Waals surface area contributed by atoms with Crippen LogP contribution in [0.2, 0.25) is 0 Å². The van der Waals surface area contributed by atoms with Crippen molar-refractivity contribution in [3.8, 4) is 16.2 Å². The summed E-state index contributed by atoms with van der Waals surface area (Å²) in [6.45, 7) is 13.0. The second kappa shape index (κ2) is 14.9. The molecule has 0 unspecified atom stereocenters. The van der Waals surface area contributed by atoms with Crippen LogP contribution in [0.15, 0.2) is 23.7 Å². The van der Waals surface area contributed by atoms with Crippen molar-refractivity contribution in [3.05, 3.63) is 35.0 Å². The number of ether oxygens (including phenoxy) is 2. The lowest BCUT2D eigenvalue weighted by Gasteiger charge is -2.35. The Morgan fingerprint density at radius 3 is 2.46 bits per heavy atom. The van der Waals surface area contributed by atoms with E-state index in [1.54, 1.807) is 26.3 Å². The average molecular weight is 689 g/mol. The molecule has 3 amide bonds. The number of rotatable bonds is 13. The summed E-state index contributed by atoms with van der Waals surface area (Å²) in [7, 11) is 0. The highest BCUT2D eigenvalue weighted by Gasteiger charge is 2.53. The zero-order chi connectivity index (χ0) is 35.4. The molecule has 1 saturated heterocycles. The van der Waals surface area contributed by atoms with E-state index in [4.69, 9.17) is 9.47 Å². The number of likely N-dealkylation sites (tertiary alicyclic amines) is 1. The SMILES string of the molecule is Cc1ncsc1-c1ccc(CNC(=O)[C@@H]2C[C@@H](O)CN2C(=O)[C@@H](NC(=O)C2(F)CC2)C(C)(C)C)c(OCCCCC(=O)OC(C)(C)C)c1. The van der Waals surface area contributed by atoms with Crippen molar-refractivity contribution < 1.29 is 38.1 Å². The average Bonchev–Trinajstić information content (AvgIpc) is 3.40. The number of hydrogen-bond acceptors (Lipinski definition) is 9. The van der Waals surface area contributed by atoms with Crippen LogP contribution in [-0.2, 0) is 30.5 Å². The highest BCUT2D eigenvalue weighted by molar-refractivity contribution is 7.13. The summed E-state index contributed by atoms with van der Waals surface area (Å²) in [5, 5.41) is 16.0. The van der Waals surface area contributed by atoms with Crippen LogP contribution in [-0.4, -0.2) is 81.3 Å². The third-order valence-electron chi connectivity index (χ3n) is 8.33. The van der Waals surface area contributed by atoms with Gasteiger partial charge in [-0.25, -0.2) is 9.37 Å². The van der Waals surface area contributed by atoms with Crippen molar-refractivity contribution in [2.75, 3.05) is 13.2 Å². The van der Waals surface area contributed by atoms with Crippen molar-refractivity contribution in [3.63, 3.8) is 0 Å². The highest BCUT2D eigenvalue weighted by atomic mass is 32.1. The number of halogens is 1. The van der Waals surface area contributed by atoms with E-state index in [0.29, 0.717) is 30.8 Å². The van der Waals surface area contributed by atoms with E-state index in [0.717, 1.165) is 16.1 Å². The number of alkyl halides is 1. The van der Waals surface area contributed by atoms with Gasteiger partial charge >= 0.3 is 5.97 Å². The number of aryl methyl sites for hydroxylation is 1. The second-order valence-electron chi connectivity index (χ2n) is 14.8. The van der Waals surface area contributed by atoms with Gasteiger partial charge in [0.25, 0.3) is 5.91 Å². The van der Waals surface area contributed by atoms with Crippen LogP contribution >= 0.6 is 11.3 Å².